The summed E-state index contributed by atoms with van der Waals surface area (Å²) >= 11 is 0. The van der Waals surface area contributed by atoms with Crippen molar-refractivity contribution in [1.82, 2.24) is 5.43 Å². The number of hydrogen-bond donors (Lipinski definition) is 2. The molecule has 1 saturated carbocycles. The number of amides is 2. The molecule has 22 heavy (non-hydrogen) atoms. The van der Waals surface area contributed by atoms with Crippen LogP contribution in [0.1, 0.15) is 43.7 Å². The molecule has 5 heteroatoms. The molecule has 0 spiro atoms. The van der Waals surface area contributed by atoms with Crippen molar-refractivity contribution in [3.8, 4) is 0 Å². The predicted octanol–water partition coefficient (Wildman–Crippen LogP) is 2.92. The number of rotatable bonds is 6. The summed E-state index contributed by atoms with van der Waals surface area (Å²) in [5.41, 5.74) is 6.43. The molecule has 0 aromatic heterocycles. The number of nitrogens with one attached hydrogen (secondary N) is 2. The van der Waals surface area contributed by atoms with E-state index in [4.69, 9.17) is 0 Å². The first-order valence-corrected chi connectivity index (χ1v) is 7.66. The van der Waals surface area contributed by atoms with Crippen LogP contribution in [0.3, 0.4) is 0 Å². The number of carbonyl (C=O) groups excluding carboxylic acids is 2. The molecule has 0 aliphatic heterocycles. The standard InChI is InChI=1S/C17H23N3O2/c1-11-4-7-15(12(2)10-11)18-16(21)8-9-17(22)20-19-13(3)14-5-6-14/h4,7,10,14H,5-6,8-9H2,1-3H3,(H,18,21)(H,20,22)/b19-13+. The van der Waals surface area contributed by atoms with Gasteiger partial charge in [-0.05, 0) is 51.2 Å². The van der Waals surface area contributed by atoms with Crippen LogP contribution in [0.25, 0.3) is 0 Å². The smallest absolute Gasteiger partial charge is 0.240 e. The molecule has 2 rings (SSSR count). The van der Waals surface area contributed by atoms with Crippen LogP contribution in [0.5, 0.6) is 0 Å². The number of anilines is 1. The largest absolute Gasteiger partial charge is 0.326 e. The number of benzene rings is 1. The van der Waals surface area contributed by atoms with Crippen LogP contribution in [-0.4, -0.2) is 17.5 Å². The van der Waals surface area contributed by atoms with E-state index in [1.807, 2.05) is 39.0 Å². The quantitative estimate of drug-likeness (QED) is 0.626. The second-order valence-corrected chi connectivity index (χ2v) is 5.93. The first-order valence-electron chi connectivity index (χ1n) is 7.66. The minimum Gasteiger partial charge on any atom is -0.326 e. The summed E-state index contributed by atoms with van der Waals surface area (Å²) in [7, 11) is 0. The van der Waals surface area contributed by atoms with Crippen LogP contribution in [0.2, 0.25) is 0 Å². The van der Waals surface area contributed by atoms with E-state index in [0.29, 0.717) is 5.92 Å². The Balaban J connectivity index is 1.75. The van der Waals surface area contributed by atoms with E-state index in [-0.39, 0.29) is 24.7 Å². The highest BCUT2D eigenvalue weighted by molar-refractivity contribution is 5.94. The molecule has 0 saturated heterocycles. The Morgan fingerprint density at radius 2 is 1.86 bits per heavy atom. The van der Waals surface area contributed by atoms with E-state index in [1.54, 1.807) is 0 Å². The summed E-state index contributed by atoms with van der Waals surface area (Å²) in [5, 5.41) is 6.89. The molecule has 5 nitrogen and oxygen atoms in total. The van der Waals surface area contributed by atoms with Gasteiger partial charge in [0.25, 0.3) is 0 Å². The van der Waals surface area contributed by atoms with Crippen molar-refractivity contribution in [1.29, 1.82) is 0 Å². The number of aryl methyl sites for hydroxylation is 2. The third-order valence-electron chi connectivity index (χ3n) is 3.76. The fraction of sp³-hybridized carbons (Fsp3) is 0.471. The van der Waals surface area contributed by atoms with Gasteiger partial charge in [-0.15, -0.1) is 0 Å². The Morgan fingerprint density at radius 3 is 2.50 bits per heavy atom. The van der Waals surface area contributed by atoms with Crippen molar-refractivity contribution in [2.24, 2.45) is 11.0 Å². The SMILES string of the molecule is C/C(=N\NC(=O)CCC(=O)Nc1ccc(C)cc1C)C1CC1. The van der Waals surface area contributed by atoms with Crippen LogP contribution in [-0.2, 0) is 9.59 Å². The average Bonchev–Trinajstić information content (AvgIpc) is 3.30. The molecule has 2 amide bonds. The third kappa shape index (κ3) is 4.98. The molecule has 1 aromatic rings. The minimum absolute atomic E-state index is 0.137. The maximum atomic E-state index is 11.9. The summed E-state index contributed by atoms with van der Waals surface area (Å²) < 4.78 is 0. The highest BCUT2D eigenvalue weighted by Gasteiger charge is 2.24. The molecule has 0 unspecified atom stereocenters. The molecule has 2 N–H and O–H groups in total. The number of hydrazone groups is 1. The monoisotopic (exact) mass is 301 g/mol. The van der Waals surface area contributed by atoms with Crippen LogP contribution >= 0.6 is 0 Å². The van der Waals surface area contributed by atoms with Gasteiger partial charge < -0.3 is 5.32 Å². The summed E-state index contributed by atoms with van der Waals surface area (Å²) in [5.74, 6) is 0.147. The van der Waals surface area contributed by atoms with Gasteiger partial charge in [-0.25, -0.2) is 5.43 Å². The first kappa shape index (κ1) is 16.2. The zero-order chi connectivity index (χ0) is 16.1. The van der Waals surface area contributed by atoms with Crippen molar-refractivity contribution in [3.05, 3.63) is 29.3 Å². The summed E-state index contributed by atoms with van der Waals surface area (Å²) in [6, 6.07) is 5.84. The van der Waals surface area contributed by atoms with Crippen LogP contribution in [0, 0.1) is 19.8 Å². The topological polar surface area (TPSA) is 70.6 Å². The van der Waals surface area contributed by atoms with Gasteiger partial charge in [0.05, 0.1) is 0 Å². The van der Waals surface area contributed by atoms with Crippen molar-refractivity contribution in [3.63, 3.8) is 0 Å². The fourth-order valence-electron chi connectivity index (χ4n) is 2.19. The van der Waals surface area contributed by atoms with Gasteiger partial charge in [-0.1, -0.05) is 17.7 Å². The summed E-state index contributed by atoms with van der Waals surface area (Å²) in [6.07, 6.45) is 2.60. The Bertz CT molecular complexity index is 604. The zero-order valence-electron chi connectivity index (χ0n) is 13.4. The van der Waals surface area contributed by atoms with Gasteiger partial charge in [0.1, 0.15) is 0 Å². The molecule has 1 aliphatic carbocycles. The lowest BCUT2D eigenvalue weighted by molar-refractivity contribution is -0.124. The number of nitrogens with zero attached hydrogens (tertiary/aromatic N) is 1. The van der Waals surface area contributed by atoms with Crippen molar-refractivity contribution >= 4 is 23.2 Å². The molecular formula is C17H23N3O2. The summed E-state index contributed by atoms with van der Waals surface area (Å²) in [4.78, 5) is 23.5. The van der Waals surface area contributed by atoms with Crippen molar-refractivity contribution in [2.75, 3.05) is 5.32 Å². The van der Waals surface area contributed by atoms with Crippen LogP contribution in [0.15, 0.2) is 23.3 Å². The summed E-state index contributed by atoms with van der Waals surface area (Å²) in [6.45, 7) is 5.88. The molecule has 0 bridgehead atoms. The molecule has 0 heterocycles. The Kier molecular flexibility index (Phi) is 5.31. The molecule has 118 valence electrons. The van der Waals surface area contributed by atoms with Gasteiger partial charge >= 0.3 is 0 Å². The fourth-order valence-corrected chi connectivity index (χ4v) is 2.19. The molecular weight excluding hydrogens is 278 g/mol. The lowest BCUT2D eigenvalue weighted by atomic mass is 10.1. The van der Waals surface area contributed by atoms with Crippen molar-refractivity contribution < 1.29 is 9.59 Å². The minimum atomic E-state index is -0.226. The molecule has 0 atom stereocenters. The van der Waals surface area contributed by atoms with E-state index in [1.165, 1.54) is 0 Å². The van der Waals surface area contributed by atoms with Gasteiger partial charge in [-0.2, -0.15) is 5.10 Å². The molecule has 1 aromatic carbocycles. The Labute approximate surface area is 131 Å². The first-order chi connectivity index (χ1) is 10.5. The molecule has 0 radical (unpaired) electrons. The van der Waals surface area contributed by atoms with E-state index >= 15 is 0 Å². The Morgan fingerprint density at radius 1 is 1.18 bits per heavy atom. The van der Waals surface area contributed by atoms with E-state index in [2.05, 4.69) is 15.8 Å². The Hall–Kier alpha value is -2.17. The maximum Gasteiger partial charge on any atom is 0.240 e. The maximum absolute atomic E-state index is 11.9. The van der Waals surface area contributed by atoms with Gasteiger partial charge in [0.15, 0.2) is 0 Å². The van der Waals surface area contributed by atoms with E-state index in [9.17, 15) is 9.59 Å². The number of hydrogen-bond acceptors (Lipinski definition) is 3. The molecule has 1 aliphatic rings. The number of carbonyl (C=O) groups is 2. The van der Waals surface area contributed by atoms with Crippen LogP contribution in [0.4, 0.5) is 5.69 Å². The van der Waals surface area contributed by atoms with Gasteiger partial charge in [0, 0.05) is 24.2 Å². The molecule has 1 fully saturated rings. The lowest BCUT2D eigenvalue weighted by Crippen LogP contribution is -2.22. The van der Waals surface area contributed by atoms with Gasteiger partial charge in [-0.3, -0.25) is 9.59 Å². The second kappa shape index (κ2) is 7.20. The highest BCUT2D eigenvalue weighted by Crippen LogP contribution is 2.30. The zero-order valence-corrected chi connectivity index (χ0v) is 13.4. The third-order valence-corrected chi connectivity index (χ3v) is 3.76. The van der Waals surface area contributed by atoms with E-state index in [0.717, 1.165) is 35.4 Å². The second-order valence-electron chi connectivity index (χ2n) is 5.93. The lowest BCUT2D eigenvalue weighted by Gasteiger charge is -2.09. The van der Waals surface area contributed by atoms with Crippen molar-refractivity contribution in [2.45, 2.75) is 46.5 Å². The van der Waals surface area contributed by atoms with Crippen LogP contribution < -0.4 is 10.7 Å². The predicted molar refractivity (Wildman–Crippen MR) is 87.8 cm³/mol. The normalized spacial score (nSPS) is 14.6. The average molecular weight is 301 g/mol. The van der Waals surface area contributed by atoms with Gasteiger partial charge in [0.2, 0.25) is 11.8 Å². The van der Waals surface area contributed by atoms with E-state index < -0.39 is 0 Å². The highest BCUT2D eigenvalue weighted by atomic mass is 16.2.